The summed E-state index contributed by atoms with van der Waals surface area (Å²) in [6, 6.07) is 7.46. The van der Waals surface area contributed by atoms with Crippen molar-refractivity contribution in [1.29, 1.82) is 0 Å². The maximum absolute atomic E-state index is 12.1. The molecule has 0 amide bonds. The highest BCUT2D eigenvalue weighted by molar-refractivity contribution is 6.06. The molecule has 4 nitrogen and oxygen atoms in total. The lowest BCUT2D eigenvalue weighted by molar-refractivity contribution is -0.0498. The predicted molar refractivity (Wildman–Crippen MR) is 74.3 cm³/mol. The molecule has 0 unspecified atom stereocenters. The molecule has 21 heavy (non-hydrogen) atoms. The van der Waals surface area contributed by atoms with Crippen molar-refractivity contribution in [3.05, 3.63) is 53.9 Å². The van der Waals surface area contributed by atoms with Gasteiger partial charge in [-0.2, -0.15) is 13.9 Å². The molecule has 0 aliphatic heterocycles. The van der Waals surface area contributed by atoms with Crippen LogP contribution in [0.5, 0.6) is 5.75 Å². The third-order valence-corrected chi connectivity index (χ3v) is 2.73. The van der Waals surface area contributed by atoms with Crippen LogP contribution in [0.2, 0.25) is 0 Å². The molecular weight excluding hydrogens is 278 g/mol. The molecule has 1 heterocycles. The van der Waals surface area contributed by atoms with E-state index in [1.807, 2.05) is 6.92 Å². The lowest BCUT2D eigenvalue weighted by Gasteiger charge is -2.04. The topological polar surface area (TPSA) is 44.1 Å². The molecule has 0 N–H and O–H groups in total. The number of carbonyl (C=O) groups excluding carboxylic acids is 1. The van der Waals surface area contributed by atoms with Gasteiger partial charge in [0, 0.05) is 18.3 Å². The highest BCUT2D eigenvalue weighted by atomic mass is 19.3. The Hall–Kier alpha value is -2.50. The Balaban J connectivity index is 2.09. The van der Waals surface area contributed by atoms with Crippen LogP contribution in [0, 0.1) is 0 Å². The van der Waals surface area contributed by atoms with Crippen molar-refractivity contribution in [3.63, 3.8) is 0 Å². The average molecular weight is 292 g/mol. The van der Waals surface area contributed by atoms with Crippen LogP contribution >= 0.6 is 0 Å². The third-order valence-electron chi connectivity index (χ3n) is 2.73. The minimum atomic E-state index is -2.91. The lowest BCUT2D eigenvalue weighted by Crippen LogP contribution is -2.03. The summed E-state index contributed by atoms with van der Waals surface area (Å²) in [5, 5.41) is 4.21. The number of allylic oxidation sites excluding steroid dienone is 1. The number of ketones is 1. The predicted octanol–water partition coefficient (Wildman–Crippen LogP) is 3.40. The molecule has 0 saturated carbocycles. The highest BCUT2D eigenvalue weighted by Gasteiger charge is 2.07. The van der Waals surface area contributed by atoms with Crippen LogP contribution in [-0.4, -0.2) is 22.2 Å². The molecule has 2 aromatic rings. The van der Waals surface area contributed by atoms with E-state index in [1.54, 1.807) is 23.0 Å². The summed E-state index contributed by atoms with van der Waals surface area (Å²) in [5.74, 6) is -0.347. The van der Waals surface area contributed by atoms with E-state index in [0.717, 1.165) is 6.54 Å². The van der Waals surface area contributed by atoms with E-state index >= 15 is 0 Å². The Morgan fingerprint density at radius 2 is 2.24 bits per heavy atom. The van der Waals surface area contributed by atoms with Crippen LogP contribution < -0.4 is 4.74 Å². The second-order valence-electron chi connectivity index (χ2n) is 4.20. The first kappa shape index (κ1) is 14.9. The van der Waals surface area contributed by atoms with Gasteiger partial charge in [-0.3, -0.25) is 9.48 Å². The van der Waals surface area contributed by atoms with Crippen molar-refractivity contribution in [2.24, 2.45) is 0 Å². The molecule has 1 aromatic heterocycles. The number of carbonyl (C=O) groups is 1. The Morgan fingerprint density at radius 1 is 1.43 bits per heavy atom. The molecule has 0 aliphatic carbocycles. The number of benzene rings is 1. The monoisotopic (exact) mass is 292 g/mol. The standard InChI is InChI=1S/C15H14F2N2O2/c1-2-19-9-8-12(18-19)6-7-14(20)11-4-3-5-13(10-11)21-15(16)17/h3-10,15H,2H2,1H3/b7-6+. The van der Waals surface area contributed by atoms with Crippen molar-refractivity contribution < 1.29 is 18.3 Å². The van der Waals surface area contributed by atoms with E-state index < -0.39 is 6.61 Å². The SMILES string of the molecule is CCn1ccc(/C=C/C(=O)c2cccc(OC(F)F)c2)n1. The van der Waals surface area contributed by atoms with Crippen LogP contribution in [-0.2, 0) is 6.54 Å². The zero-order valence-corrected chi connectivity index (χ0v) is 11.4. The van der Waals surface area contributed by atoms with E-state index in [2.05, 4.69) is 9.84 Å². The van der Waals surface area contributed by atoms with Gasteiger partial charge in [-0.15, -0.1) is 0 Å². The molecule has 0 radical (unpaired) electrons. The Labute approximate surface area is 120 Å². The van der Waals surface area contributed by atoms with E-state index in [9.17, 15) is 13.6 Å². The maximum atomic E-state index is 12.1. The van der Waals surface area contributed by atoms with Gasteiger partial charge in [-0.1, -0.05) is 12.1 Å². The summed E-state index contributed by atoms with van der Waals surface area (Å²) >= 11 is 0. The first-order valence-corrected chi connectivity index (χ1v) is 6.39. The Morgan fingerprint density at radius 3 is 2.90 bits per heavy atom. The zero-order chi connectivity index (χ0) is 15.2. The van der Waals surface area contributed by atoms with Crippen molar-refractivity contribution in [1.82, 2.24) is 9.78 Å². The first-order chi connectivity index (χ1) is 10.1. The summed E-state index contributed by atoms with van der Waals surface area (Å²) in [6.07, 6.45) is 4.74. The fourth-order valence-corrected chi connectivity index (χ4v) is 1.73. The number of aryl methyl sites for hydroxylation is 1. The molecule has 0 atom stereocenters. The highest BCUT2D eigenvalue weighted by Crippen LogP contribution is 2.16. The van der Waals surface area contributed by atoms with Crippen molar-refractivity contribution in [2.75, 3.05) is 0 Å². The molecule has 110 valence electrons. The molecule has 0 aliphatic rings. The second kappa shape index (κ2) is 6.78. The average Bonchev–Trinajstić information content (AvgIpc) is 2.92. The summed E-state index contributed by atoms with van der Waals surface area (Å²) in [7, 11) is 0. The Kier molecular flexibility index (Phi) is 4.81. The summed E-state index contributed by atoms with van der Waals surface area (Å²) in [5.41, 5.74) is 0.935. The molecule has 0 saturated heterocycles. The van der Waals surface area contributed by atoms with E-state index in [0.29, 0.717) is 5.69 Å². The summed E-state index contributed by atoms with van der Waals surface area (Å²) in [4.78, 5) is 12.0. The number of hydrogen-bond acceptors (Lipinski definition) is 3. The van der Waals surface area contributed by atoms with Crippen LogP contribution in [0.4, 0.5) is 8.78 Å². The Bertz CT molecular complexity index is 651. The molecule has 0 spiro atoms. The fourth-order valence-electron chi connectivity index (χ4n) is 1.73. The molecule has 0 bridgehead atoms. The molecule has 2 rings (SSSR count). The van der Waals surface area contributed by atoms with Gasteiger partial charge in [0.1, 0.15) is 5.75 Å². The van der Waals surface area contributed by atoms with E-state index in [1.165, 1.54) is 30.3 Å². The number of aromatic nitrogens is 2. The van der Waals surface area contributed by atoms with Crippen LogP contribution in [0.1, 0.15) is 23.0 Å². The third kappa shape index (κ3) is 4.24. The van der Waals surface area contributed by atoms with E-state index in [4.69, 9.17) is 0 Å². The lowest BCUT2D eigenvalue weighted by atomic mass is 10.1. The van der Waals surface area contributed by atoms with Crippen molar-refractivity contribution in [2.45, 2.75) is 20.1 Å². The first-order valence-electron chi connectivity index (χ1n) is 6.39. The minimum absolute atomic E-state index is 0.0421. The number of alkyl halides is 2. The maximum Gasteiger partial charge on any atom is 0.387 e. The molecule has 1 aromatic carbocycles. The van der Waals surface area contributed by atoms with Crippen molar-refractivity contribution >= 4 is 11.9 Å². The van der Waals surface area contributed by atoms with Gasteiger partial charge in [-0.05, 0) is 37.3 Å². The van der Waals surface area contributed by atoms with Gasteiger partial charge in [0.15, 0.2) is 5.78 Å². The minimum Gasteiger partial charge on any atom is -0.435 e. The number of halogens is 2. The van der Waals surface area contributed by atoms with Crippen molar-refractivity contribution in [3.8, 4) is 5.75 Å². The quantitative estimate of drug-likeness (QED) is 0.605. The second-order valence-corrected chi connectivity index (χ2v) is 4.20. The number of hydrogen-bond donors (Lipinski definition) is 0. The van der Waals surface area contributed by atoms with Crippen LogP contribution in [0.15, 0.2) is 42.6 Å². The smallest absolute Gasteiger partial charge is 0.387 e. The molecule has 0 fully saturated rings. The van der Waals surface area contributed by atoms with Gasteiger partial charge in [0.25, 0.3) is 0 Å². The molecule has 6 heteroatoms. The van der Waals surface area contributed by atoms with Gasteiger partial charge < -0.3 is 4.74 Å². The van der Waals surface area contributed by atoms with E-state index in [-0.39, 0.29) is 17.1 Å². The number of rotatable bonds is 6. The number of nitrogens with zero attached hydrogens (tertiary/aromatic N) is 2. The van der Waals surface area contributed by atoms with Crippen LogP contribution in [0.25, 0.3) is 6.08 Å². The molecular formula is C15H14F2N2O2. The normalized spacial score (nSPS) is 11.2. The fraction of sp³-hybridized carbons (Fsp3) is 0.200. The van der Waals surface area contributed by atoms with Gasteiger partial charge in [-0.25, -0.2) is 0 Å². The van der Waals surface area contributed by atoms with Gasteiger partial charge in [0.2, 0.25) is 0 Å². The van der Waals surface area contributed by atoms with Crippen LogP contribution in [0.3, 0.4) is 0 Å². The number of ether oxygens (including phenoxy) is 1. The van der Waals surface area contributed by atoms with Gasteiger partial charge >= 0.3 is 6.61 Å². The van der Waals surface area contributed by atoms with Gasteiger partial charge in [0.05, 0.1) is 5.69 Å². The summed E-state index contributed by atoms with van der Waals surface area (Å²) in [6.45, 7) is -0.210. The largest absolute Gasteiger partial charge is 0.435 e. The summed E-state index contributed by atoms with van der Waals surface area (Å²) < 4.78 is 30.3. The zero-order valence-electron chi connectivity index (χ0n) is 11.4.